The Morgan fingerprint density at radius 1 is 1.29 bits per heavy atom. The average molecular weight is 404 g/mol. The van der Waals surface area contributed by atoms with Crippen molar-refractivity contribution in [2.75, 3.05) is 24.8 Å². The van der Waals surface area contributed by atoms with Gasteiger partial charge in [0, 0.05) is 5.92 Å². The summed E-state index contributed by atoms with van der Waals surface area (Å²) in [5.74, 6) is 9.11. The molecule has 2 heterocycles. The Labute approximate surface area is 168 Å². The van der Waals surface area contributed by atoms with Crippen LogP contribution in [-0.2, 0) is 4.79 Å². The average Bonchev–Trinajstić information content (AvgIpc) is 3.47. The largest absolute Gasteiger partial charge is 0.486 e. The normalized spacial score (nSPS) is 16.8. The van der Waals surface area contributed by atoms with Crippen LogP contribution in [0.2, 0.25) is 0 Å². The van der Waals surface area contributed by atoms with Crippen LogP contribution in [0.25, 0.3) is 0 Å². The Hall–Kier alpha value is -2.42. The molecule has 3 N–H and O–H groups in total. The smallest absolute Gasteiger partial charge is 0.230 e. The number of rotatable bonds is 7. The summed E-state index contributed by atoms with van der Waals surface area (Å²) < 4.78 is 12.8. The van der Waals surface area contributed by atoms with Crippen molar-refractivity contribution in [3.63, 3.8) is 0 Å². The van der Waals surface area contributed by atoms with E-state index in [1.165, 1.54) is 16.4 Å². The fourth-order valence-electron chi connectivity index (χ4n) is 3.24. The predicted molar refractivity (Wildman–Crippen MR) is 106 cm³/mol. The number of ether oxygens (including phenoxy) is 2. The maximum Gasteiger partial charge on any atom is 0.230 e. The quantitative estimate of drug-likeness (QED) is 0.540. The zero-order chi connectivity index (χ0) is 19.7. The number of nitrogens with one attached hydrogen (secondary N) is 1. The summed E-state index contributed by atoms with van der Waals surface area (Å²) >= 11 is 1.30. The van der Waals surface area contributed by atoms with Gasteiger partial charge in [0.05, 0.1) is 11.8 Å². The van der Waals surface area contributed by atoms with Gasteiger partial charge in [-0.1, -0.05) is 31.7 Å². The maximum absolute atomic E-state index is 12.6. The lowest BCUT2D eigenvalue weighted by Gasteiger charge is -2.25. The summed E-state index contributed by atoms with van der Waals surface area (Å²) in [6.07, 6.45) is 2.21. The molecule has 150 valence electrons. The molecule has 1 amide bonds. The lowest BCUT2D eigenvalue weighted by molar-refractivity contribution is -0.119. The van der Waals surface area contributed by atoms with E-state index in [1.807, 2.05) is 18.2 Å². The van der Waals surface area contributed by atoms with Gasteiger partial charge in [-0.3, -0.25) is 4.79 Å². The van der Waals surface area contributed by atoms with Crippen molar-refractivity contribution in [2.45, 2.75) is 43.8 Å². The van der Waals surface area contributed by atoms with E-state index in [-0.39, 0.29) is 23.6 Å². The lowest BCUT2D eigenvalue weighted by Crippen LogP contribution is -2.33. The first-order valence-corrected chi connectivity index (χ1v) is 10.5. The molecule has 9 heteroatoms. The van der Waals surface area contributed by atoms with E-state index in [0.29, 0.717) is 24.3 Å². The van der Waals surface area contributed by atoms with Crippen molar-refractivity contribution in [1.29, 1.82) is 0 Å². The summed E-state index contributed by atoms with van der Waals surface area (Å²) in [6, 6.07) is 5.70. The van der Waals surface area contributed by atoms with E-state index < -0.39 is 0 Å². The van der Waals surface area contributed by atoms with Crippen molar-refractivity contribution in [1.82, 2.24) is 20.2 Å². The van der Waals surface area contributed by atoms with Crippen molar-refractivity contribution in [3.05, 3.63) is 29.6 Å². The van der Waals surface area contributed by atoms with E-state index >= 15 is 0 Å². The fourth-order valence-corrected chi connectivity index (χ4v) is 3.91. The van der Waals surface area contributed by atoms with Gasteiger partial charge in [-0.25, -0.2) is 4.68 Å². The molecule has 0 radical (unpaired) electrons. The molecule has 0 unspecified atom stereocenters. The van der Waals surface area contributed by atoms with Gasteiger partial charge in [0.25, 0.3) is 0 Å². The number of nitrogens with two attached hydrogens (primary N) is 1. The zero-order valence-corrected chi connectivity index (χ0v) is 16.9. The van der Waals surface area contributed by atoms with Gasteiger partial charge in [-0.2, -0.15) is 0 Å². The van der Waals surface area contributed by atoms with Gasteiger partial charge < -0.3 is 20.6 Å². The molecule has 8 nitrogen and oxygen atoms in total. The number of fused-ring (bicyclic) bond motifs is 1. The predicted octanol–water partition coefficient (Wildman–Crippen LogP) is 2.25. The van der Waals surface area contributed by atoms with E-state index in [2.05, 4.69) is 29.4 Å². The van der Waals surface area contributed by atoms with Gasteiger partial charge >= 0.3 is 0 Å². The first-order valence-electron chi connectivity index (χ1n) is 9.55. The van der Waals surface area contributed by atoms with Crippen molar-refractivity contribution in [2.24, 2.45) is 5.92 Å². The van der Waals surface area contributed by atoms with E-state index in [4.69, 9.17) is 15.3 Å². The molecule has 1 aliphatic carbocycles. The van der Waals surface area contributed by atoms with Crippen LogP contribution in [0.4, 0.5) is 0 Å². The Balaban J connectivity index is 1.39. The Bertz CT molecular complexity index is 865. The molecular formula is C19H25N5O3S. The number of hydrogen-bond acceptors (Lipinski definition) is 7. The molecule has 1 aromatic heterocycles. The summed E-state index contributed by atoms with van der Waals surface area (Å²) in [5, 5.41) is 11.9. The Kier molecular flexibility index (Phi) is 5.34. The highest BCUT2D eigenvalue weighted by Crippen LogP contribution is 2.39. The molecule has 1 fully saturated rings. The molecule has 2 aliphatic rings. The highest BCUT2D eigenvalue weighted by atomic mass is 32.2. The summed E-state index contributed by atoms with van der Waals surface area (Å²) in [6.45, 7) is 5.25. The highest BCUT2D eigenvalue weighted by Gasteiger charge is 2.30. The molecule has 1 atom stereocenters. The molecule has 0 bridgehead atoms. The van der Waals surface area contributed by atoms with Crippen molar-refractivity contribution < 1.29 is 14.3 Å². The number of carbonyl (C=O) groups excluding carboxylic acids is 1. The molecule has 1 saturated carbocycles. The van der Waals surface area contributed by atoms with Crippen LogP contribution in [0.15, 0.2) is 23.4 Å². The molecule has 0 spiro atoms. The molecule has 2 aromatic rings. The number of benzene rings is 1. The van der Waals surface area contributed by atoms with Crippen LogP contribution in [0.5, 0.6) is 11.5 Å². The molecule has 1 aromatic carbocycles. The minimum Gasteiger partial charge on any atom is -0.486 e. The molecule has 0 saturated heterocycles. The number of thioether (sulfide) groups is 1. The van der Waals surface area contributed by atoms with Crippen LogP contribution < -0.4 is 20.6 Å². The van der Waals surface area contributed by atoms with E-state index in [9.17, 15) is 4.79 Å². The summed E-state index contributed by atoms with van der Waals surface area (Å²) in [4.78, 5) is 12.6. The number of carbonyl (C=O) groups is 1. The van der Waals surface area contributed by atoms with Crippen molar-refractivity contribution >= 4 is 17.7 Å². The second kappa shape index (κ2) is 7.90. The number of nitrogens with zero attached hydrogens (tertiary/aromatic N) is 3. The third-order valence-electron chi connectivity index (χ3n) is 4.87. The SMILES string of the molecule is CC(C)[C@H](NC(=O)CSc1nnc(C2CC2)n1N)c1ccc2c(c1)OCCO2. The van der Waals surface area contributed by atoms with Gasteiger partial charge in [-0.05, 0) is 36.5 Å². The molecule has 28 heavy (non-hydrogen) atoms. The number of nitrogen functional groups attached to an aromatic ring is 1. The minimum atomic E-state index is -0.123. The first kappa shape index (κ1) is 18.9. The topological polar surface area (TPSA) is 104 Å². The van der Waals surface area contributed by atoms with Crippen LogP contribution in [0, 0.1) is 5.92 Å². The lowest BCUT2D eigenvalue weighted by atomic mass is 9.95. The Morgan fingerprint density at radius 3 is 2.75 bits per heavy atom. The van der Waals surface area contributed by atoms with Crippen LogP contribution in [0.3, 0.4) is 0 Å². The standard InChI is InChI=1S/C19H25N5O3S/c1-11(2)17(13-5-6-14-15(9-13)27-8-7-26-14)21-16(25)10-28-19-23-22-18(24(19)20)12-3-4-12/h5-6,9,11-12,17H,3-4,7-8,10,20H2,1-2H3,(H,21,25)/t17-/m0/s1. The van der Waals surface area contributed by atoms with Crippen LogP contribution in [0.1, 0.15) is 50.0 Å². The second-order valence-electron chi connectivity index (χ2n) is 7.47. The Morgan fingerprint density at radius 2 is 2.04 bits per heavy atom. The van der Waals surface area contributed by atoms with Gasteiger partial charge in [-0.15, -0.1) is 10.2 Å². The third kappa shape index (κ3) is 4.04. The third-order valence-corrected chi connectivity index (χ3v) is 5.82. The van der Waals surface area contributed by atoms with Crippen LogP contribution in [-0.4, -0.2) is 39.7 Å². The van der Waals surface area contributed by atoms with Crippen molar-refractivity contribution in [3.8, 4) is 11.5 Å². The monoisotopic (exact) mass is 403 g/mol. The fraction of sp³-hybridized carbons (Fsp3) is 0.526. The number of hydrogen-bond donors (Lipinski definition) is 2. The molecule has 4 rings (SSSR count). The van der Waals surface area contributed by atoms with Gasteiger partial charge in [0.1, 0.15) is 13.2 Å². The minimum absolute atomic E-state index is 0.0745. The van der Waals surface area contributed by atoms with Gasteiger partial charge in [0.15, 0.2) is 17.3 Å². The number of amides is 1. The van der Waals surface area contributed by atoms with Gasteiger partial charge in [0.2, 0.25) is 11.1 Å². The summed E-state index contributed by atoms with van der Waals surface area (Å²) in [5.41, 5.74) is 0.996. The van der Waals surface area contributed by atoms with E-state index in [1.54, 1.807) is 0 Å². The van der Waals surface area contributed by atoms with E-state index in [0.717, 1.165) is 35.7 Å². The zero-order valence-electron chi connectivity index (χ0n) is 16.1. The summed E-state index contributed by atoms with van der Waals surface area (Å²) in [7, 11) is 0. The molecular weight excluding hydrogens is 378 g/mol. The first-order chi connectivity index (χ1) is 13.5. The number of aromatic nitrogens is 3. The maximum atomic E-state index is 12.6. The molecule has 1 aliphatic heterocycles. The second-order valence-corrected chi connectivity index (χ2v) is 8.41. The highest BCUT2D eigenvalue weighted by molar-refractivity contribution is 7.99. The van der Waals surface area contributed by atoms with Crippen LogP contribution >= 0.6 is 11.8 Å².